The van der Waals surface area contributed by atoms with Gasteiger partial charge in [-0.2, -0.15) is 0 Å². The number of hydrogen-bond acceptors (Lipinski definition) is 3. The van der Waals surface area contributed by atoms with Crippen molar-refractivity contribution in [2.75, 3.05) is 6.61 Å². The number of para-hydroxylation sites is 2. The Kier molecular flexibility index (Phi) is 5.39. The van der Waals surface area contributed by atoms with E-state index < -0.39 is 6.10 Å². The Bertz CT molecular complexity index is 854. The Morgan fingerprint density at radius 1 is 1.16 bits per heavy atom. The van der Waals surface area contributed by atoms with E-state index in [9.17, 15) is 5.11 Å². The summed E-state index contributed by atoms with van der Waals surface area (Å²) in [6.07, 6.45) is 0.978. The highest BCUT2D eigenvalue weighted by Gasteiger charge is 2.16. The van der Waals surface area contributed by atoms with Crippen LogP contribution in [0.4, 0.5) is 0 Å². The number of nitrogens with zero attached hydrogens (tertiary/aromatic N) is 2. The van der Waals surface area contributed by atoms with E-state index in [0.29, 0.717) is 13.0 Å². The predicted molar refractivity (Wildman–Crippen MR) is 101 cm³/mol. The summed E-state index contributed by atoms with van der Waals surface area (Å²) >= 11 is 0. The number of aliphatic hydroxyl groups excluding tert-OH is 1. The highest BCUT2D eigenvalue weighted by Crippen LogP contribution is 2.23. The van der Waals surface area contributed by atoms with Crippen LogP contribution in [0.5, 0.6) is 5.75 Å². The van der Waals surface area contributed by atoms with Gasteiger partial charge in [0.1, 0.15) is 17.7 Å². The molecule has 1 heterocycles. The summed E-state index contributed by atoms with van der Waals surface area (Å²) in [5.41, 5.74) is 4.35. The third-order valence-corrected chi connectivity index (χ3v) is 4.50. The van der Waals surface area contributed by atoms with Gasteiger partial charge in [-0.15, -0.1) is 0 Å². The van der Waals surface area contributed by atoms with E-state index in [0.717, 1.165) is 41.1 Å². The van der Waals surface area contributed by atoms with Crippen LogP contribution >= 0.6 is 0 Å². The van der Waals surface area contributed by atoms with E-state index in [-0.39, 0.29) is 0 Å². The van der Waals surface area contributed by atoms with E-state index in [1.54, 1.807) is 0 Å². The highest BCUT2D eigenvalue weighted by molar-refractivity contribution is 5.76. The zero-order valence-electron chi connectivity index (χ0n) is 15.2. The summed E-state index contributed by atoms with van der Waals surface area (Å²) in [6.45, 7) is 7.52. The molecule has 0 saturated heterocycles. The van der Waals surface area contributed by atoms with Crippen molar-refractivity contribution in [3.8, 4) is 5.75 Å². The molecule has 0 radical (unpaired) electrons. The number of rotatable bonds is 7. The van der Waals surface area contributed by atoms with E-state index >= 15 is 0 Å². The average molecular weight is 338 g/mol. The minimum absolute atomic E-state index is 0.535. The summed E-state index contributed by atoms with van der Waals surface area (Å²) in [4.78, 5) is 4.62. The summed E-state index contributed by atoms with van der Waals surface area (Å²) in [5, 5.41) is 10.3. The fourth-order valence-corrected chi connectivity index (χ4v) is 3.03. The summed E-state index contributed by atoms with van der Waals surface area (Å²) in [7, 11) is 0. The van der Waals surface area contributed by atoms with Gasteiger partial charge in [0, 0.05) is 6.54 Å². The van der Waals surface area contributed by atoms with Gasteiger partial charge in [-0.05, 0) is 56.0 Å². The van der Waals surface area contributed by atoms with Crippen LogP contribution < -0.4 is 4.74 Å². The van der Waals surface area contributed by atoms with Gasteiger partial charge >= 0.3 is 0 Å². The molecule has 0 aliphatic rings. The van der Waals surface area contributed by atoms with Gasteiger partial charge in [-0.1, -0.05) is 31.2 Å². The van der Waals surface area contributed by atoms with Crippen LogP contribution in [0.1, 0.15) is 42.8 Å². The highest BCUT2D eigenvalue weighted by atomic mass is 16.5. The molecule has 0 bridgehead atoms. The lowest BCUT2D eigenvalue weighted by molar-refractivity contribution is 0.158. The molecule has 0 spiro atoms. The number of hydrogen-bond donors (Lipinski definition) is 1. The Morgan fingerprint density at radius 2 is 1.96 bits per heavy atom. The van der Waals surface area contributed by atoms with Gasteiger partial charge in [-0.25, -0.2) is 4.98 Å². The third kappa shape index (κ3) is 3.85. The standard InChI is InChI=1S/C21H26N2O2/c1-4-19(24)21-22-17-8-5-6-9-18(17)23(21)12-7-13-25-20-14-15(2)10-11-16(20)3/h5-6,8-11,14,19,24H,4,7,12-13H2,1-3H3/t19-/m0/s1. The molecule has 3 rings (SSSR count). The molecule has 0 saturated carbocycles. The molecule has 25 heavy (non-hydrogen) atoms. The van der Waals surface area contributed by atoms with Crippen LogP contribution in [0.25, 0.3) is 11.0 Å². The fraction of sp³-hybridized carbons (Fsp3) is 0.381. The van der Waals surface area contributed by atoms with Crippen molar-refractivity contribution in [1.82, 2.24) is 9.55 Å². The number of aromatic nitrogens is 2. The normalized spacial score (nSPS) is 12.5. The second-order valence-electron chi connectivity index (χ2n) is 6.51. The first-order valence-electron chi connectivity index (χ1n) is 8.93. The van der Waals surface area contributed by atoms with E-state index in [1.807, 2.05) is 25.1 Å². The Morgan fingerprint density at radius 3 is 2.76 bits per heavy atom. The smallest absolute Gasteiger partial charge is 0.138 e. The maximum Gasteiger partial charge on any atom is 0.138 e. The van der Waals surface area contributed by atoms with E-state index in [2.05, 4.69) is 47.7 Å². The topological polar surface area (TPSA) is 47.3 Å². The molecule has 2 aromatic carbocycles. The largest absolute Gasteiger partial charge is 0.493 e. The minimum Gasteiger partial charge on any atom is -0.493 e. The monoisotopic (exact) mass is 338 g/mol. The van der Waals surface area contributed by atoms with Gasteiger partial charge in [0.25, 0.3) is 0 Å². The van der Waals surface area contributed by atoms with Crippen LogP contribution in [0.3, 0.4) is 0 Å². The Hall–Kier alpha value is -2.33. The van der Waals surface area contributed by atoms with Crippen molar-refractivity contribution >= 4 is 11.0 Å². The first kappa shape index (κ1) is 17.5. The van der Waals surface area contributed by atoms with E-state index in [4.69, 9.17) is 4.74 Å². The van der Waals surface area contributed by atoms with Crippen molar-refractivity contribution in [1.29, 1.82) is 0 Å². The van der Waals surface area contributed by atoms with Gasteiger partial charge in [0.2, 0.25) is 0 Å². The molecule has 1 N–H and O–H groups in total. The third-order valence-electron chi connectivity index (χ3n) is 4.50. The number of benzene rings is 2. The van der Waals surface area contributed by atoms with Gasteiger partial charge in [0.05, 0.1) is 17.6 Å². The van der Waals surface area contributed by atoms with Crippen molar-refractivity contribution < 1.29 is 9.84 Å². The van der Waals surface area contributed by atoms with Crippen LogP contribution in [0.2, 0.25) is 0 Å². The van der Waals surface area contributed by atoms with E-state index in [1.165, 1.54) is 5.56 Å². The number of aliphatic hydroxyl groups is 1. The fourth-order valence-electron chi connectivity index (χ4n) is 3.03. The maximum atomic E-state index is 10.3. The van der Waals surface area contributed by atoms with Crippen molar-refractivity contribution in [2.45, 2.75) is 46.3 Å². The molecule has 1 aromatic heterocycles. The minimum atomic E-state index is -0.535. The number of ether oxygens (including phenoxy) is 1. The van der Waals surface area contributed by atoms with Crippen LogP contribution in [-0.4, -0.2) is 21.3 Å². The number of imidazole rings is 1. The van der Waals surface area contributed by atoms with Gasteiger partial charge in [-0.3, -0.25) is 0 Å². The summed E-state index contributed by atoms with van der Waals surface area (Å²) < 4.78 is 8.08. The van der Waals surface area contributed by atoms with Crippen LogP contribution in [-0.2, 0) is 6.54 Å². The van der Waals surface area contributed by atoms with Crippen molar-refractivity contribution in [3.05, 3.63) is 59.4 Å². The zero-order valence-corrected chi connectivity index (χ0v) is 15.2. The lowest BCUT2D eigenvalue weighted by Crippen LogP contribution is -2.11. The van der Waals surface area contributed by atoms with Gasteiger partial charge in [0.15, 0.2) is 0 Å². The maximum absolute atomic E-state index is 10.3. The second-order valence-corrected chi connectivity index (χ2v) is 6.51. The quantitative estimate of drug-likeness (QED) is 0.642. The molecule has 4 heteroatoms. The molecule has 0 amide bonds. The molecule has 0 unspecified atom stereocenters. The molecule has 132 valence electrons. The molecule has 1 atom stereocenters. The molecule has 0 aliphatic carbocycles. The summed E-state index contributed by atoms with van der Waals surface area (Å²) in [5.74, 6) is 1.69. The predicted octanol–water partition coefficient (Wildman–Crippen LogP) is 4.57. The molecular formula is C21H26N2O2. The lowest BCUT2D eigenvalue weighted by atomic mass is 10.1. The molecular weight excluding hydrogens is 312 g/mol. The number of fused-ring (bicyclic) bond motifs is 1. The first-order valence-corrected chi connectivity index (χ1v) is 8.93. The zero-order chi connectivity index (χ0) is 17.8. The first-order chi connectivity index (χ1) is 12.1. The average Bonchev–Trinajstić information content (AvgIpc) is 2.99. The molecule has 4 nitrogen and oxygen atoms in total. The molecule has 0 fully saturated rings. The molecule has 3 aromatic rings. The lowest BCUT2D eigenvalue weighted by Gasteiger charge is -2.14. The van der Waals surface area contributed by atoms with Crippen LogP contribution in [0, 0.1) is 13.8 Å². The van der Waals surface area contributed by atoms with Gasteiger partial charge < -0.3 is 14.4 Å². The Labute approximate surface area is 149 Å². The SMILES string of the molecule is CC[C@H](O)c1nc2ccccc2n1CCCOc1cc(C)ccc1C. The van der Waals surface area contributed by atoms with Crippen molar-refractivity contribution in [2.24, 2.45) is 0 Å². The van der Waals surface area contributed by atoms with Crippen molar-refractivity contribution in [3.63, 3.8) is 0 Å². The Balaban J connectivity index is 1.71. The summed E-state index contributed by atoms with van der Waals surface area (Å²) in [6, 6.07) is 14.3. The van der Waals surface area contributed by atoms with Crippen LogP contribution in [0.15, 0.2) is 42.5 Å². The molecule has 0 aliphatic heterocycles. The second kappa shape index (κ2) is 7.70. The number of aryl methyl sites for hydroxylation is 3.